The Morgan fingerprint density at radius 3 is 2.54 bits per heavy atom. The maximum Gasteiger partial charge on any atom is 0.338 e. The molecule has 0 radical (unpaired) electrons. The fourth-order valence-electron chi connectivity index (χ4n) is 2.11. The molecule has 0 fully saturated rings. The Labute approximate surface area is 158 Å². The van der Waals surface area contributed by atoms with Crippen molar-refractivity contribution in [2.45, 2.75) is 32.8 Å². The van der Waals surface area contributed by atoms with Gasteiger partial charge in [-0.05, 0) is 55.8 Å². The van der Waals surface area contributed by atoms with Crippen molar-refractivity contribution in [3.63, 3.8) is 0 Å². The minimum absolute atomic E-state index is 0.357. The predicted octanol–water partition coefficient (Wildman–Crippen LogP) is 4.70. The average Bonchev–Trinajstić information content (AvgIpc) is 2.62. The molecule has 2 rings (SSSR count). The summed E-state index contributed by atoms with van der Waals surface area (Å²) in [6.45, 7) is 4.24. The molecule has 0 spiro atoms. The number of hydrogen-bond donors (Lipinski definition) is 1. The van der Waals surface area contributed by atoms with Gasteiger partial charge in [-0.2, -0.15) is 0 Å². The second-order valence-electron chi connectivity index (χ2n) is 5.77. The van der Waals surface area contributed by atoms with E-state index in [1.165, 1.54) is 6.92 Å². The molecule has 6 heteroatoms. The number of halogens is 1. The van der Waals surface area contributed by atoms with E-state index in [1.807, 2.05) is 0 Å². The Bertz CT molecular complexity index is 746. The van der Waals surface area contributed by atoms with Gasteiger partial charge >= 0.3 is 5.97 Å². The summed E-state index contributed by atoms with van der Waals surface area (Å²) in [5.74, 6) is -0.305. The first-order valence-electron chi connectivity index (χ1n) is 8.50. The Morgan fingerprint density at radius 1 is 1.15 bits per heavy atom. The highest BCUT2D eigenvalue weighted by molar-refractivity contribution is 6.30. The molecular formula is C20H22ClNO4. The molecule has 2 aromatic carbocycles. The molecule has 0 saturated carbocycles. The molecule has 0 saturated heterocycles. The third-order valence-corrected chi connectivity index (χ3v) is 3.84. The Hall–Kier alpha value is -2.53. The number of carbonyl (C=O) groups excluding carboxylic acids is 2. The van der Waals surface area contributed by atoms with Gasteiger partial charge in [-0.25, -0.2) is 4.79 Å². The summed E-state index contributed by atoms with van der Waals surface area (Å²) in [5, 5.41) is 3.16. The lowest BCUT2D eigenvalue weighted by atomic mass is 10.2. The number of carbonyl (C=O) groups is 2. The lowest BCUT2D eigenvalue weighted by Gasteiger charge is -2.14. The van der Waals surface area contributed by atoms with E-state index in [2.05, 4.69) is 12.2 Å². The van der Waals surface area contributed by atoms with Crippen molar-refractivity contribution >= 4 is 29.2 Å². The molecular weight excluding hydrogens is 354 g/mol. The molecule has 0 heterocycles. The molecule has 0 aliphatic carbocycles. The Balaban J connectivity index is 1.88. The third kappa shape index (κ3) is 6.08. The first kappa shape index (κ1) is 19.8. The van der Waals surface area contributed by atoms with Crippen molar-refractivity contribution in [2.75, 3.05) is 11.9 Å². The quantitative estimate of drug-likeness (QED) is 0.536. The highest BCUT2D eigenvalue weighted by Crippen LogP contribution is 2.16. The first-order chi connectivity index (χ1) is 12.5. The average molecular weight is 376 g/mol. The van der Waals surface area contributed by atoms with E-state index in [0.717, 1.165) is 12.8 Å². The second kappa shape index (κ2) is 9.82. The van der Waals surface area contributed by atoms with Crippen molar-refractivity contribution in [3.8, 4) is 5.75 Å². The predicted molar refractivity (Wildman–Crippen MR) is 102 cm³/mol. The van der Waals surface area contributed by atoms with Crippen LogP contribution in [0.4, 0.5) is 5.69 Å². The molecule has 5 nitrogen and oxygen atoms in total. The number of benzene rings is 2. The van der Waals surface area contributed by atoms with Crippen molar-refractivity contribution in [1.29, 1.82) is 0 Å². The van der Waals surface area contributed by atoms with Crippen LogP contribution in [0.25, 0.3) is 0 Å². The normalized spacial score (nSPS) is 11.5. The van der Waals surface area contributed by atoms with Crippen molar-refractivity contribution < 1.29 is 19.1 Å². The number of rotatable bonds is 8. The van der Waals surface area contributed by atoms with Crippen LogP contribution in [0.3, 0.4) is 0 Å². The van der Waals surface area contributed by atoms with Gasteiger partial charge in [0, 0.05) is 10.7 Å². The fourth-order valence-corrected chi connectivity index (χ4v) is 2.30. The van der Waals surface area contributed by atoms with Gasteiger partial charge in [0.15, 0.2) is 6.10 Å². The number of nitrogens with one attached hydrogen (secondary N) is 1. The number of anilines is 1. The smallest absolute Gasteiger partial charge is 0.338 e. The van der Waals surface area contributed by atoms with E-state index in [4.69, 9.17) is 21.1 Å². The summed E-state index contributed by atoms with van der Waals surface area (Å²) in [6, 6.07) is 13.4. The van der Waals surface area contributed by atoms with Crippen LogP contribution in [0.2, 0.25) is 5.02 Å². The summed E-state index contributed by atoms with van der Waals surface area (Å²) >= 11 is 5.88. The summed E-state index contributed by atoms with van der Waals surface area (Å²) in [4.78, 5) is 24.3. The molecule has 1 atom stereocenters. The van der Waals surface area contributed by atoms with Gasteiger partial charge in [0.05, 0.1) is 12.2 Å². The van der Waals surface area contributed by atoms with Crippen molar-refractivity contribution in [1.82, 2.24) is 0 Å². The third-order valence-electron chi connectivity index (χ3n) is 3.60. The standard InChI is InChI=1S/C20H22ClNO4/c1-3-4-12-25-18-10-8-15(9-11-18)20(24)26-14(2)19(23)22-17-7-5-6-16(21)13-17/h5-11,13-14H,3-4,12H2,1-2H3,(H,22,23)/t14-/m0/s1. The number of ether oxygens (including phenoxy) is 2. The monoisotopic (exact) mass is 375 g/mol. The van der Waals surface area contributed by atoms with E-state index in [-0.39, 0.29) is 0 Å². The van der Waals surface area contributed by atoms with Gasteiger partial charge < -0.3 is 14.8 Å². The zero-order chi connectivity index (χ0) is 18.9. The van der Waals surface area contributed by atoms with Crippen LogP contribution < -0.4 is 10.1 Å². The number of hydrogen-bond acceptors (Lipinski definition) is 4. The maximum atomic E-state index is 12.2. The van der Waals surface area contributed by atoms with Crippen LogP contribution in [0.1, 0.15) is 37.0 Å². The zero-order valence-electron chi connectivity index (χ0n) is 14.8. The first-order valence-corrected chi connectivity index (χ1v) is 8.87. The van der Waals surface area contributed by atoms with Crippen molar-refractivity contribution in [3.05, 3.63) is 59.1 Å². The Kier molecular flexibility index (Phi) is 7.48. The van der Waals surface area contributed by atoms with Crippen LogP contribution in [0.5, 0.6) is 5.75 Å². The minimum atomic E-state index is -0.943. The highest BCUT2D eigenvalue weighted by Gasteiger charge is 2.19. The van der Waals surface area contributed by atoms with E-state index < -0.39 is 18.0 Å². The summed E-state index contributed by atoms with van der Waals surface area (Å²) in [7, 11) is 0. The van der Waals surface area contributed by atoms with Gasteiger partial charge in [-0.15, -0.1) is 0 Å². The summed E-state index contributed by atoms with van der Waals surface area (Å²) in [5.41, 5.74) is 0.897. The van der Waals surface area contributed by atoms with Crippen LogP contribution in [-0.2, 0) is 9.53 Å². The minimum Gasteiger partial charge on any atom is -0.494 e. The van der Waals surface area contributed by atoms with Gasteiger partial charge in [-0.1, -0.05) is 31.0 Å². The van der Waals surface area contributed by atoms with Crippen LogP contribution in [0, 0.1) is 0 Å². The van der Waals surface area contributed by atoms with Gasteiger partial charge in [0.2, 0.25) is 0 Å². The molecule has 0 aliphatic heterocycles. The molecule has 0 aliphatic rings. The summed E-state index contributed by atoms with van der Waals surface area (Å²) < 4.78 is 10.8. The summed E-state index contributed by atoms with van der Waals surface area (Å²) in [6.07, 6.45) is 1.09. The molecule has 0 unspecified atom stereocenters. The van der Waals surface area contributed by atoms with Gasteiger partial charge in [0.25, 0.3) is 5.91 Å². The molecule has 26 heavy (non-hydrogen) atoms. The van der Waals surface area contributed by atoms with Gasteiger partial charge in [-0.3, -0.25) is 4.79 Å². The topological polar surface area (TPSA) is 64.6 Å². The number of unbranched alkanes of at least 4 members (excludes halogenated alkanes) is 1. The molecule has 2 aromatic rings. The van der Waals surface area contributed by atoms with E-state index in [0.29, 0.717) is 28.6 Å². The molecule has 138 valence electrons. The van der Waals surface area contributed by atoms with E-state index in [9.17, 15) is 9.59 Å². The van der Waals surface area contributed by atoms with E-state index >= 15 is 0 Å². The number of amides is 1. The second-order valence-corrected chi connectivity index (χ2v) is 6.21. The number of esters is 1. The SMILES string of the molecule is CCCCOc1ccc(C(=O)O[C@@H](C)C(=O)Nc2cccc(Cl)c2)cc1. The van der Waals surface area contributed by atoms with Gasteiger partial charge in [0.1, 0.15) is 5.75 Å². The van der Waals surface area contributed by atoms with Crippen molar-refractivity contribution in [2.24, 2.45) is 0 Å². The lowest BCUT2D eigenvalue weighted by Crippen LogP contribution is -2.30. The Morgan fingerprint density at radius 2 is 1.88 bits per heavy atom. The molecule has 1 amide bonds. The van der Waals surface area contributed by atoms with Crippen LogP contribution in [0.15, 0.2) is 48.5 Å². The zero-order valence-corrected chi connectivity index (χ0v) is 15.6. The van der Waals surface area contributed by atoms with Crippen LogP contribution in [-0.4, -0.2) is 24.6 Å². The molecule has 1 N–H and O–H groups in total. The van der Waals surface area contributed by atoms with E-state index in [1.54, 1.807) is 48.5 Å². The maximum absolute atomic E-state index is 12.2. The lowest BCUT2D eigenvalue weighted by molar-refractivity contribution is -0.123. The fraction of sp³-hybridized carbons (Fsp3) is 0.300. The highest BCUT2D eigenvalue weighted by atomic mass is 35.5. The van der Waals surface area contributed by atoms with Crippen LogP contribution >= 0.6 is 11.6 Å². The molecule has 0 bridgehead atoms. The largest absolute Gasteiger partial charge is 0.494 e. The molecule has 0 aromatic heterocycles.